The van der Waals surface area contributed by atoms with Crippen molar-refractivity contribution >= 4 is 10.1 Å². The molecule has 0 unspecified atom stereocenters. The standard InChI is InChI=1S/C5H12O5S.C4H10O3/c1-11(7,8)10-5-4-9-3-2-6;5-1-3-7-4-2-6/h6H,2-5H2,1H3;5-6H,1-4H2. The van der Waals surface area contributed by atoms with Gasteiger partial charge in [0.25, 0.3) is 10.1 Å². The van der Waals surface area contributed by atoms with Crippen LogP contribution in [0.1, 0.15) is 0 Å². The van der Waals surface area contributed by atoms with E-state index in [1.54, 1.807) is 0 Å². The topological polar surface area (TPSA) is 123 Å². The van der Waals surface area contributed by atoms with E-state index in [4.69, 9.17) is 20.1 Å². The van der Waals surface area contributed by atoms with E-state index >= 15 is 0 Å². The first-order chi connectivity index (χ1) is 8.47. The molecule has 0 bridgehead atoms. The Morgan fingerprint density at radius 1 is 0.778 bits per heavy atom. The van der Waals surface area contributed by atoms with Crippen LogP contribution in [0.25, 0.3) is 0 Å². The molecule has 0 aromatic heterocycles. The van der Waals surface area contributed by atoms with E-state index in [0.717, 1.165) is 6.26 Å². The summed E-state index contributed by atoms with van der Waals surface area (Å²) in [7, 11) is -3.35. The van der Waals surface area contributed by atoms with Crippen molar-refractivity contribution in [2.75, 3.05) is 59.1 Å². The smallest absolute Gasteiger partial charge is 0.264 e. The van der Waals surface area contributed by atoms with Gasteiger partial charge in [0, 0.05) is 0 Å². The van der Waals surface area contributed by atoms with Gasteiger partial charge in [-0.1, -0.05) is 0 Å². The van der Waals surface area contributed by atoms with Gasteiger partial charge in [-0.15, -0.1) is 0 Å². The average molecular weight is 290 g/mol. The van der Waals surface area contributed by atoms with Crippen molar-refractivity contribution in [1.29, 1.82) is 0 Å². The molecule has 0 amide bonds. The number of ether oxygens (including phenoxy) is 2. The van der Waals surface area contributed by atoms with Crippen molar-refractivity contribution in [3.05, 3.63) is 0 Å². The number of aliphatic hydroxyl groups is 3. The van der Waals surface area contributed by atoms with Crippen LogP contribution in [0.5, 0.6) is 0 Å². The average Bonchev–Trinajstić information content (AvgIpc) is 2.29. The minimum atomic E-state index is -3.35. The van der Waals surface area contributed by atoms with Crippen molar-refractivity contribution in [2.45, 2.75) is 0 Å². The Hall–Kier alpha value is -0.290. The Morgan fingerprint density at radius 2 is 1.17 bits per heavy atom. The third kappa shape index (κ3) is 24.8. The van der Waals surface area contributed by atoms with Crippen LogP contribution in [0.15, 0.2) is 0 Å². The van der Waals surface area contributed by atoms with E-state index in [1.165, 1.54) is 0 Å². The number of hydrogen-bond acceptors (Lipinski definition) is 8. The molecule has 0 spiro atoms. The Kier molecular flexibility index (Phi) is 16.4. The first kappa shape index (κ1) is 20.0. The van der Waals surface area contributed by atoms with Gasteiger partial charge in [-0.3, -0.25) is 4.18 Å². The molecule has 0 saturated heterocycles. The highest BCUT2D eigenvalue weighted by Gasteiger charge is 1.99. The van der Waals surface area contributed by atoms with Crippen LogP contribution < -0.4 is 0 Å². The van der Waals surface area contributed by atoms with Crippen LogP contribution in [-0.2, 0) is 23.8 Å². The van der Waals surface area contributed by atoms with Gasteiger partial charge in [0.15, 0.2) is 0 Å². The highest BCUT2D eigenvalue weighted by Crippen LogP contribution is 1.85. The summed E-state index contributed by atoms with van der Waals surface area (Å²) in [5, 5.41) is 24.4. The maximum atomic E-state index is 10.3. The second-order valence-corrected chi connectivity index (χ2v) is 4.57. The zero-order valence-electron chi connectivity index (χ0n) is 10.4. The molecule has 18 heavy (non-hydrogen) atoms. The maximum Gasteiger partial charge on any atom is 0.264 e. The Labute approximate surface area is 107 Å². The molecule has 0 aliphatic carbocycles. The molecule has 9 heteroatoms. The first-order valence-electron chi connectivity index (χ1n) is 5.30. The molecule has 0 fully saturated rings. The minimum Gasteiger partial charge on any atom is -0.394 e. The van der Waals surface area contributed by atoms with Crippen molar-refractivity contribution in [2.24, 2.45) is 0 Å². The maximum absolute atomic E-state index is 10.3. The van der Waals surface area contributed by atoms with Gasteiger partial charge in [0.05, 0.1) is 59.1 Å². The zero-order valence-corrected chi connectivity index (χ0v) is 11.3. The molecular weight excluding hydrogens is 268 g/mol. The lowest BCUT2D eigenvalue weighted by Gasteiger charge is -2.01. The van der Waals surface area contributed by atoms with Gasteiger partial charge in [-0.05, 0) is 0 Å². The van der Waals surface area contributed by atoms with E-state index in [1.807, 2.05) is 0 Å². The van der Waals surface area contributed by atoms with Crippen LogP contribution in [0.2, 0.25) is 0 Å². The first-order valence-corrected chi connectivity index (χ1v) is 7.12. The summed E-state index contributed by atoms with van der Waals surface area (Å²) in [4.78, 5) is 0. The van der Waals surface area contributed by atoms with Gasteiger partial charge in [0.1, 0.15) is 0 Å². The molecule has 112 valence electrons. The highest BCUT2D eigenvalue weighted by atomic mass is 32.2. The molecule has 0 saturated carbocycles. The third-order valence-electron chi connectivity index (χ3n) is 1.23. The third-order valence-corrected chi connectivity index (χ3v) is 1.83. The molecule has 3 N–H and O–H groups in total. The van der Waals surface area contributed by atoms with Crippen LogP contribution >= 0.6 is 0 Å². The molecule has 0 atom stereocenters. The van der Waals surface area contributed by atoms with Gasteiger partial charge < -0.3 is 24.8 Å². The second kappa shape index (κ2) is 14.8. The summed E-state index contributed by atoms with van der Waals surface area (Å²) in [5.41, 5.74) is 0. The van der Waals surface area contributed by atoms with Gasteiger partial charge in [-0.25, -0.2) is 0 Å². The largest absolute Gasteiger partial charge is 0.394 e. The fourth-order valence-corrected chi connectivity index (χ4v) is 1.01. The molecule has 0 heterocycles. The van der Waals surface area contributed by atoms with Gasteiger partial charge in [0.2, 0.25) is 0 Å². The Morgan fingerprint density at radius 3 is 1.50 bits per heavy atom. The van der Waals surface area contributed by atoms with E-state index in [0.29, 0.717) is 13.2 Å². The Bertz CT molecular complexity index is 237. The molecule has 8 nitrogen and oxygen atoms in total. The van der Waals surface area contributed by atoms with Crippen LogP contribution in [0, 0.1) is 0 Å². The summed E-state index contributed by atoms with van der Waals surface area (Å²) in [6, 6.07) is 0. The Balaban J connectivity index is 0. The van der Waals surface area contributed by atoms with Crippen molar-refractivity contribution in [3.8, 4) is 0 Å². The lowest BCUT2D eigenvalue weighted by Crippen LogP contribution is -2.10. The number of rotatable bonds is 10. The molecule has 0 aromatic carbocycles. The minimum absolute atomic E-state index is 0.00116. The number of aliphatic hydroxyl groups excluding tert-OH is 3. The molecule has 0 radical (unpaired) electrons. The van der Waals surface area contributed by atoms with Crippen LogP contribution in [-0.4, -0.2) is 82.8 Å². The van der Waals surface area contributed by atoms with E-state index in [2.05, 4.69) is 8.92 Å². The molecule has 0 aromatic rings. The quantitative estimate of drug-likeness (QED) is 0.311. The SMILES string of the molecule is CS(=O)(=O)OCCOCCO.OCCOCCO. The molecular formula is C9H22O8S. The summed E-state index contributed by atoms with van der Waals surface area (Å²) >= 11 is 0. The van der Waals surface area contributed by atoms with Gasteiger partial charge >= 0.3 is 0 Å². The molecule has 0 aliphatic rings. The molecule has 0 aliphatic heterocycles. The van der Waals surface area contributed by atoms with E-state index in [-0.39, 0.29) is 39.6 Å². The second-order valence-electron chi connectivity index (χ2n) is 2.92. The normalized spacial score (nSPS) is 10.9. The van der Waals surface area contributed by atoms with E-state index in [9.17, 15) is 8.42 Å². The summed E-state index contributed by atoms with van der Waals surface area (Å²) in [5.74, 6) is 0. The summed E-state index contributed by atoms with van der Waals surface area (Å²) < 4.78 is 34.4. The predicted octanol–water partition coefficient (Wildman–Crippen LogP) is -2.04. The summed E-state index contributed by atoms with van der Waals surface area (Å²) in [6.07, 6.45) is 0.971. The van der Waals surface area contributed by atoms with Crippen molar-refractivity contribution in [1.82, 2.24) is 0 Å². The lowest BCUT2D eigenvalue weighted by molar-refractivity contribution is 0.0650. The van der Waals surface area contributed by atoms with Gasteiger partial charge in [-0.2, -0.15) is 8.42 Å². The van der Waals surface area contributed by atoms with E-state index < -0.39 is 10.1 Å². The monoisotopic (exact) mass is 290 g/mol. The predicted molar refractivity (Wildman–Crippen MR) is 63.7 cm³/mol. The van der Waals surface area contributed by atoms with Crippen LogP contribution in [0.3, 0.4) is 0 Å². The molecule has 0 rings (SSSR count). The zero-order chi connectivity index (χ0) is 14.3. The highest BCUT2D eigenvalue weighted by molar-refractivity contribution is 7.85. The fourth-order valence-electron chi connectivity index (χ4n) is 0.642. The lowest BCUT2D eigenvalue weighted by atomic mass is 10.7. The van der Waals surface area contributed by atoms with Crippen LogP contribution in [0.4, 0.5) is 0 Å². The number of hydrogen-bond donors (Lipinski definition) is 3. The fraction of sp³-hybridized carbons (Fsp3) is 1.00. The van der Waals surface area contributed by atoms with Crippen molar-refractivity contribution in [3.63, 3.8) is 0 Å². The van der Waals surface area contributed by atoms with Crippen molar-refractivity contribution < 1.29 is 37.4 Å². The summed E-state index contributed by atoms with van der Waals surface area (Å²) in [6.45, 7) is 1.000.